The minimum absolute atomic E-state index is 0.118. The van der Waals surface area contributed by atoms with Crippen LogP contribution in [0.5, 0.6) is 0 Å². The first-order chi connectivity index (χ1) is 7.27. The highest BCUT2D eigenvalue weighted by Crippen LogP contribution is 2.21. The van der Waals surface area contributed by atoms with Gasteiger partial charge in [0.2, 0.25) is 0 Å². The van der Waals surface area contributed by atoms with Crippen molar-refractivity contribution in [2.45, 2.75) is 19.4 Å². The number of carbonyl (C=O) groups excluding carboxylic acids is 1. The van der Waals surface area contributed by atoms with Crippen LogP contribution in [0.3, 0.4) is 0 Å². The van der Waals surface area contributed by atoms with Crippen LogP contribution in [0.15, 0.2) is 23.0 Å². The Morgan fingerprint density at radius 1 is 1.27 bits per heavy atom. The van der Waals surface area contributed by atoms with Crippen LogP contribution in [0.4, 0.5) is 0 Å². The number of aromatic amines is 1. The van der Waals surface area contributed by atoms with E-state index in [9.17, 15) is 9.59 Å². The van der Waals surface area contributed by atoms with E-state index in [2.05, 4.69) is 4.98 Å². The summed E-state index contributed by atoms with van der Waals surface area (Å²) in [6.07, 6.45) is 1.26. The summed E-state index contributed by atoms with van der Waals surface area (Å²) in [5.41, 5.74) is 2.08. The molecular formula is C11H10N2O2. The number of nitrogens with zero attached hydrogens (tertiary/aromatic N) is 1. The number of hydrogen-bond donors (Lipinski definition) is 1. The quantitative estimate of drug-likeness (QED) is 0.700. The number of hydrogen-bond acceptors (Lipinski definition) is 2. The van der Waals surface area contributed by atoms with Gasteiger partial charge in [-0.3, -0.25) is 9.36 Å². The highest BCUT2D eigenvalue weighted by Gasteiger charge is 2.18. The number of H-pyrrole nitrogens is 1. The van der Waals surface area contributed by atoms with Gasteiger partial charge in [-0.15, -0.1) is 0 Å². The fraction of sp³-hybridized carbons (Fsp3) is 0.273. The van der Waals surface area contributed by atoms with E-state index in [4.69, 9.17) is 0 Å². The van der Waals surface area contributed by atoms with Crippen LogP contribution in [0.25, 0.3) is 11.0 Å². The third kappa shape index (κ3) is 1.08. The lowest BCUT2D eigenvalue weighted by atomic mass is 10.1. The summed E-state index contributed by atoms with van der Waals surface area (Å²) in [6, 6.07) is 5.43. The van der Waals surface area contributed by atoms with E-state index in [1.54, 1.807) is 16.7 Å². The Kier molecular flexibility index (Phi) is 1.59. The first-order valence-electron chi connectivity index (χ1n) is 5.02. The molecule has 1 N–H and O–H groups in total. The van der Waals surface area contributed by atoms with E-state index in [-0.39, 0.29) is 11.5 Å². The molecule has 2 aromatic rings. The lowest BCUT2D eigenvalue weighted by molar-refractivity contribution is 0.0982. The maximum Gasteiger partial charge on any atom is 0.326 e. The Labute approximate surface area is 85.5 Å². The van der Waals surface area contributed by atoms with Gasteiger partial charge >= 0.3 is 5.69 Å². The molecule has 1 aromatic heterocycles. The number of benzene rings is 1. The Hall–Kier alpha value is -1.84. The van der Waals surface area contributed by atoms with Gasteiger partial charge in [-0.05, 0) is 18.6 Å². The number of para-hydroxylation sites is 1. The van der Waals surface area contributed by atoms with Crippen molar-refractivity contribution in [3.05, 3.63) is 34.2 Å². The molecule has 0 saturated carbocycles. The van der Waals surface area contributed by atoms with Gasteiger partial charge in [0.15, 0.2) is 5.78 Å². The van der Waals surface area contributed by atoms with Crippen molar-refractivity contribution in [1.82, 2.24) is 9.55 Å². The topological polar surface area (TPSA) is 54.9 Å². The SMILES string of the molecule is O=C1CCCn2c(=O)[nH]c3cccc1c32. The van der Waals surface area contributed by atoms with E-state index >= 15 is 0 Å². The number of aryl methyl sites for hydroxylation is 1. The first kappa shape index (κ1) is 8.47. The second-order valence-corrected chi connectivity index (χ2v) is 3.81. The number of Topliss-reactive ketones (excluding diaryl/α,β-unsaturated/α-hetero) is 1. The normalized spacial score (nSPS) is 15.6. The second-order valence-electron chi connectivity index (χ2n) is 3.81. The Bertz CT molecular complexity index is 607. The standard InChI is InChI=1S/C11H10N2O2/c14-9-5-2-6-13-10-7(9)3-1-4-8(10)12-11(13)15/h1,3-4H,2,5-6H2,(H,12,15). The van der Waals surface area contributed by atoms with Gasteiger partial charge < -0.3 is 4.98 Å². The molecule has 0 spiro atoms. The van der Waals surface area contributed by atoms with Crippen LogP contribution in [0, 0.1) is 0 Å². The molecule has 1 aromatic carbocycles. The lowest BCUT2D eigenvalue weighted by Crippen LogP contribution is -2.16. The predicted molar refractivity (Wildman–Crippen MR) is 56.1 cm³/mol. The van der Waals surface area contributed by atoms with Crippen LogP contribution in [-0.2, 0) is 6.54 Å². The van der Waals surface area contributed by atoms with Gasteiger partial charge in [-0.1, -0.05) is 6.07 Å². The molecule has 0 amide bonds. The van der Waals surface area contributed by atoms with Crippen LogP contribution in [0.2, 0.25) is 0 Å². The molecule has 0 radical (unpaired) electrons. The zero-order chi connectivity index (χ0) is 10.4. The number of carbonyl (C=O) groups is 1. The monoisotopic (exact) mass is 202 g/mol. The molecule has 0 atom stereocenters. The van der Waals surface area contributed by atoms with Crippen LogP contribution < -0.4 is 5.69 Å². The zero-order valence-electron chi connectivity index (χ0n) is 8.12. The summed E-state index contributed by atoms with van der Waals surface area (Å²) >= 11 is 0. The molecule has 1 aliphatic heterocycles. The highest BCUT2D eigenvalue weighted by molar-refractivity contribution is 6.06. The Morgan fingerprint density at radius 3 is 3.00 bits per heavy atom. The number of imidazole rings is 1. The molecule has 2 heterocycles. The van der Waals surface area contributed by atoms with Crippen molar-refractivity contribution in [3.8, 4) is 0 Å². The summed E-state index contributed by atoms with van der Waals surface area (Å²) in [4.78, 5) is 26.1. The van der Waals surface area contributed by atoms with E-state index < -0.39 is 0 Å². The average molecular weight is 202 g/mol. The number of ketones is 1. The Morgan fingerprint density at radius 2 is 2.13 bits per heavy atom. The molecule has 0 saturated heterocycles. The highest BCUT2D eigenvalue weighted by atomic mass is 16.1. The third-order valence-corrected chi connectivity index (χ3v) is 2.88. The maximum absolute atomic E-state index is 11.8. The van der Waals surface area contributed by atoms with Crippen molar-refractivity contribution >= 4 is 16.8 Å². The average Bonchev–Trinajstić information content (AvgIpc) is 2.43. The van der Waals surface area contributed by atoms with E-state index in [1.165, 1.54) is 0 Å². The molecule has 1 aliphatic rings. The summed E-state index contributed by atoms with van der Waals surface area (Å²) in [7, 11) is 0. The lowest BCUT2D eigenvalue weighted by Gasteiger charge is -1.99. The minimum Gasteiger partial charge on any atom is -0.306 e. The molecule has 0 unspecified atom stereocenters. The van der Waals surface area contributed by atoms with Gasteiger partial charge in [0.1, 0.15) is 0 Å². The van der Waals surface area contributed by atoms with Gasteiger partial charge in [0.05, 0.1) is 11.0 Å². The molecular weight excluding hydrogens is 192 g/mol. The molecule has 0 fully saturated rings. The van der Waals surface area contributed by atoms with Crippen LogP contribution in [-0.4, -0.2) is 15.3 Å². The molecule has 4 nitrogen and oxygen atoms in total. The fourth-order valence-electron chi connectivity index (χ4n) is 2.19. The first-order valence-corrected chi connectivity index (χ1v) is 5.02. The maximum atomic E-state index is 11.8. The third-order valence-electron chi connectivity index (χ3n) is 2.88. The Balaban J connectivity index is 2.52. The van der Waals surface area contributed by atoms with E-state index in [0.29, 0.717) is 18.5 Å². The molecule has 76 valence electrons. The molecule has 4 heteroatoms. The van der Waals surface area contributed by atoms with Gasteiger partial charge in [-0.2, -0.15) is 0 Å². The smallest absolute Gasteiger partial charge is 0.306 e. The van der Waals surface area contributed by atoms with Gasteiger partial charge in [0.25, 0.3) is 0 Å². The van der Waals surface area contributed by atoms with Crippen molar-refractivity contribution < 1.29 is 4.79 Å². The van der Waals surface area contributed by atoms with Crippen molar-refractivity contribution in [2.24, 2.45) is 0 Å². The van der Waals surface area contributed by atoms with Gasteiger partial charge in [0, 0.05) is 18.5 Å². The summed E-state index contributed by atoms with van der Waals surface area (Å²) in [5.74, 6) is 0.130. The minimum atomic E-state index is -0.118. The van der Waals surface area contributed by atoms with Crippen molar-refractivity contribution in [2.75, 3.05) is 0 Å². The molecule has 0 bridgehead atoms. The van der Waals surface area contributed by atoms with E-state index in [1.807, 2.05) is 6.07 Å². The van der Waals surface area contributed by atoms with Crippen LogP contribution in [0.1, 0.15) is 23.2 Å². The number of aromatic nitrogens is 2. The van der Waals surface area contributed by atoms with Gasteiger partial charge in [-0.25, -0.2) is 4.79 Å². The van der Waals surface area contributed by atoms with Crippen molar-refractivity contribution in [3.63, 3.8) is 0 Å². The summed E-state index contributed by atoms with van der Waals surface area (Å²) < 4.78 is 1.66. The number of nitrogens with one attached hydrogen (secondary N) is 1. The zero-order valence-corrected chi connectivity index (χ0v) is 8.12. The molecule has 15 heavy (non-hydrogen) atoms. The van der Waals surface area contributed by atoms with Crippen LogP contribution >= 0.6 is 0 Å². The summed E-state index contributed by atoms with van der Waals surface area (Å²) in [5, 5.41) is 0. The molecule has 3 rings (SSSR count). The van der Waals surface area contributed by atoms with Crippen molar-refractivity contribution in [1.29, 1.82) is 0 Å². The molecule has 0 aliphatic carbocycles. The largest absolute Gasteiger partial charge is 0.326 e. The second kappa shape index (κ2) is 2.82. The van der Waals surface area contributed by atoms with E-state index in [0.717, 1.165) is 17.5 Å². The number of rotatable bonds is 0. The summed E-state index contributed by atoms with van der Waals surface area (Å²) in [6.45, 7) is 0.627. The predicted octanol–water partition coefficient (Wildman–Crippen LogP) is 1.31. The fourth-order valence-corrected chi connectivity index (χ4v) is 2.19.